The average molecular weight is 327 g/mol. The molecule has 0 fully saturated rings. The molecule has 0 saturated carbocycles. The molecule has 1 aromatic carbocycles. The molecular weight excluding hydrogens is 315 g/mol. The molecule has 0 bridgehead atoms. The predicted octanol–water partition coefficient (Wildman–Crippen LogP) is 3.75. The van der Waals surface area contributed by atoms with Crippen molar-refractivity contribution < 1.29 is 19.1 Å². The SMILES string of the molecule is CC(=O)OC1=C(C(=O)c2ccc(Cl)cc2Cl)C(=O)CCC1. The molecule has 1 aliphatic rings. The van der Waals surface area contributed by atoms with Crippen molar-refractivity contribution in [2.45, 2.75) is 26.2 Å². The van der Waals surface area contributed by atoms with Crippen LogP contribution in [-0.2, 0) is 14.3 Å². The summed E-state index contributed by atoms with van der Waals surface area (Å²) in [6.07, 6.45) is 1.17. The van der Waals surface area contributed by atoms with Gasteiger partial charge >= 0.3 is 5.97 Å². The molecule has 0 N–H and O–H groups in total. The molecule has 110 valence electrons. The van der Waals surface area contributed by atoms with Crippen molar-refractivity contribution in [3.05, 3.63) is 45.1 Å². The molecule has 6 heteroatoms. The largest absolute Gasteiger partial charge is 0.430 e. The quantitative estimate of drug-likeness (QED) is 0.482. The molecule has 21 heavy (non-hydrogen) atoms. The van der Waals surface area contributed by atoms with E-state index in [1.54, 1.807) is 0 Å². The summed E-state index contributed by atoms with van der Waals surface area (Å²) >= 11 is 11.8. The summed E-state index contributed by atoms with van der Waals surface area (Å²) < 4.78 is 5.01. The van der Waals surface area contributed by atoms with Gasteiger partial charge in [0.1, 0.15) is 11.3 Å². The third-order valence-corrected chi connectivity index (χ3v) is 3.58. The van der Waals surface area contributed by atoms with Gasteiger partial charge in [-0.25, -0.2) is 0 Å². The van der Waals surface area contributed by atoms with E-state index in [1.807, 2.05) is 0 Å². The lowest BCUT2D eigenvalue weighted by Gasteiger charge is -2.18. The number of carbonyl (C=O) groups excluding carboxylic acids is 3. The Labute approximate surface area is 131 Å². The summed E-state index contributed by atoms with van der Waals surface area (Å²) in [4.78, 5) is 35.7. The molecule has 0 unspecified atom stereocenters. The van der Waals surface area contributed by atoms with Crippen LogP contribution in [0.5, 0.6) is 0 Å². The number of rotatable bonds is 3. The molecule has 1 aliphatic carbocycles. The van der Waals surface area contributed by atoms with Gasteiger partial charge in [0.25, 0.3) is 0 Å². The van der Waals surface area contributed by atoms with Crippen LogP contribution in [-0.4, -0.2) is 17.5 Å². The Morgan fingerprint density at radius 2 is 1.90 bits per heavy atom. The van der Waals surface area contributed by atoms with Crippen LogP contribution in [0, 0.1) is 0 Å². The zero-order chi connectivity index (χ0) is 15.6. The summed E-state index contributed by atoms with van der Waals surface area (Å²) in [5.74, 6) is -1.33. The van der Waals surface area contributed by atoms with E-state index in [1.165, 1.54) is 25.1 Å². The summed E-state index contributed by atoms with van der Waals surface area (Å²) in [6, 6.07) is 4.39. The van der Waals surface area contributed by atoms with Gasteiger partial charge in [0.05, 0.1) is 5.02 Å². The fourth-order valence-corrected chi connectivity index (χ4v) is 2.65. The van der Waals surface area contributed by atoms with Crippen LogP contribution in [0.3, 0.4) is 0 Å². The maximum atomic E-state index is 12.5. The number of carbonyl (C=O) groups is 3. The highest BCUT2D eigenvalue weighted by molar-refractivity contribution is 6.39. The maximum absolute atomic E-state index is 12.5. The summed E-state index contributed by atoms with van der Waals surface area (Å²) in [6.45, 7) is 1.23. The van der Waals surface area contributed by atoms with Crippen molar-refractivity contribution in [3.8, 4) is 0 Å². The Morgan fingerprint density at radius 3 is 2.52 bits per heavy atom. The Hall–Kier alpha value is -1.65. The molecule has 1 aromatic rings. The lowest BCUT2D eigenvalue weighted by molar-refractivity contribution is -0.137. The highest BCUT2D eigenvalue weighted by atomic mass is 35.5. The third-order valence-electron chi connectivity index (χ3n) is 3.04. The molecular formula is C15H12Cl2O4. The van der Waals surface area contributed by atoms with E-state index in [2.05, 4.69) is 0 Å². The number of hydrogen-bond acceptors (Lipinski definition) is 4. The van der Waals surface area contributed by atoms with Gasteiger partial charge in [-0.2, -0.15) is 0 Å². The van der Waals surface area contributed by atoms with Crippen LogP contribution >= 0.6 is 23.2 Å². The standard InChI is InChI=1S/C15H12Cl2O4/c1-8(18)21-13-4-2-3-12(19)14(13)15(20)10-6-5-9(16)7-11(10)17/h5-7H,2-4H2,1H3. The minimum Gasteiger partial charge on any atom is -0.430 e. The number of hydrogen-bond donors (Lipinski definition) is 0. The van der Waals surface area contributed by atoms with Crippen LogP contribution in [0.25, 0.3) is 0 Å². The lowest BCUT2D eigenvalue weighted by atomic mass is 9.90. The van der Waals surface area contributed by atoms with Crippen LogP contribution in [0.2, 0.25) is 10.0 Å². The molecule has 4 nitrogen and oxygen atoms in total. The number of halogens is 2. The number of ketones is 2. The first-order valence-corrected chi connectivity index (χ1v) is 7.10. The van der Waals surface area contributed by atoms with Gasteiger partial charge in [-0.15, -0.1) is 0 Å². The van der Waals surface area contributed by atoms with Crippen molar-refractivity contribution in [1.82, 2.24) is 0 Å². The summed E-state index contributed by atoms with van der Waals surface area (Å²) in [5, 5.41) is 0.543. The number of Topliss-reactive ketones (excluding diaryl/α,β-unsaturated/α-hetero) is 2. The zero-order valence-corrected chi connectivity index (χ0v) is 12.8. The molecule has 0 heterocycles. The van der Waals surface area contributed by atoms with Crippen molar-refractivity contribution in [3.63, 3.8) is 0 Å². The van der Waals surface area contributed by atoms with E-state index in [0.29, 0.717) is 17.9 Å². The predicted molar refractivity (Wildman–Crippen MR) is 78.4 cm³/mol. The monoisotopic (exact) mass is 326 g/mol. The van der Waals surface area contributed by atoms with E-state index in [-0.39, 0.29) is 34.1 Å². The summed E-state index contributed by atoms with van der Waals surface area (Å²) in [7, 11) is 0. The van der Waals surface area contributed by atoms with Gasteiger partial charge in [-0.3, -0.25) is 14.4 Å². The normalized spacial score (nSPS) is 15.1. The van der Waals surface area contributed by atoms with Gasteiger partial charge in [0.2, 0.25) is 5.78 Å². The van der Waals surface area contributed by atoms with Gasteiger partial charge in [-0.05, 0) is 24.6 Å². The first-order valence-electron chi connectivity index (χ1n) is 6.34. The Morgan fingerprint density at radius 1 is 1.19 bits per heavy atom. The van der Waals surface area contributed by atoms with Gasteiger partial charge in [0.15, 0.2) is 5.78 Å². The Balaban J connectivity index is 2.48. The van der Waals surface area contributed by atoms with Crippen LogP contribution in [0.15, 0.2) is 29.5 Å². The highest BCUT2D eigenvalue weighted by Gasteiger charge is 2.30. The molecule has 0 amide bonds. The van der Waals surface area contributed by atoms with E-state index >= 15 is 0 Å². The number of allylic oxidation sites excluding steroid dienone is 2. The van der Waals surface area contributed by atoms with Crippen molar-refractivity contribution >= 4 is 40.7 Å². The van der Waals surface area contributed by atoms with Gasteiger partial charge in [0, 0.05) is 30.4 Å². The second kappa shape index (κ2) is 6.41. The van der Waals surface area contributed by atoms with Crippen molar-refractivity contribution in [2.75, 3.05) is 0 Å². The van der Waals surface area contributed by atoms with E-state index in [9.17, 15) is 14.4 Å². The van der Waals surface area contributed by atoms with E-state index in [0.717, 1.165) is 0 Å². The van der Waals surface area contributed by atoms with Crippen molar-refractivity contribution in [2.24, 2.45) is 0 Å². The number of esters is 1. The first kappa shape index (κ1) is 15.7. The topological polar surface area (TPSA) is 60.4 Å². The second-order valence-corrected chi connectivity index (χ2v) is 5.47. The van der Waals surface area contributed by atoms with E-state index < -0.39 is 11.8 Å². The zero-order valence-electron chi connectivity index (χ0n) is 11.2. The minimum atomic E-state index is -0.563. The molecule has 0 spiro atoms. The fraction of sp³-hybridized carbons (Fsp3) is 0.267. The molecule has 2 rings (SSSR count). The number of benzene rings is 1. The van der Waals surface area contributed by atoms with E-state index in [4.69, 9.17) is 27.9 Å². The fourth-order valence-electron chi connectivity index (χ4n) is 2.15. The number of ether oxygens (including phenoxy) is 1. The first-order chi connectivity index (χ1) is 9.90. The highest BCUT2D eigenvalue weighted by Crippen LogP contribution is 2.29. The summed E-state index contributed by atoms with van der Waals surface area (Å²) in [5.41, 5.74) is 0.0663. The maximum Gasteiger partial charge on any atom is 0.307 e. The molecule has 0 saturated heterocycles. The van der Waals surface area contributed by atoms with Crippen LogP contribution in [0.1, 0.15) is 36.5 Å². The Bertz CT molecular complexity index is 662. The van der Waals surface area contributed by atoms with Gasteiger partial charge < -0.3 is 4.74 Å². The molecule has 0 aromatic heterocycles. The van der Waals surface area contributed by atoms with Crippen molar-refractivity contribution in [1.29, 1.82) is 0 Å². The smallest absolute Gasteiger partial charge is 0.307 e. The second-order valence-electron chi connectivity index (χ2n) is 4.62. The van der Waals surface area contributed by atoms with Crippen LogP contribution in [0.4, 0.5) is 0 Å². The third kappa shape index (κ3) is 3.52. The minimum absolute atomic E-state index is 0.0966. The molecule has 0 radical (unpaired) electrons. The molecule has 0 aliphatic heterocycles. The lowest BCUT2D eigenvalue weighted by Crippen LogP contribution is -2.22. The average Bonchev–Trinajstić information content (AvgIpc) is 2.37. The van der Waals surface area contributed by atoms with Crippen LogP contribution < -0.4 is 0 Å². The Kier molecular flexibility index (Phi) is 4.80. The van der Waals surface area contributed by atoms with Gasteiger partial charge in [-0.1, -0.05) is 23.2 Å². The molecule has 0 atom stereocenters.